The summed E-state index contributed by atoms with van der Waals surface area (Å²) in [4.78, 5) is 0. The molecule has 0 aliphatic heterocycles. The Kier molecular flexibility index (Phi) is 11.4. The zero-order valence-electron chi connectivity index (χ0n) is 14.2. The number of hydrogen-bond donors (Lipinski definition) is 0. The van der Waals surface area contributed by atoms with Gasteiger partial charge in [-0.15, -0.1) is 0 Å². The third-order valence-electron chi connectivity index (χ3n) is 4.62. The summed E-state index contributed by atoms with van der Waals surface area (Å²) in [6, 6.07) is 0. The van der Waals surface area contributed by atoms with Crippen LogP contribution in [0.2, 0.25) is 0 Å². The minimum atomic E-state index is 0.640. The van der Waals surface area contributed by atoms with Gasteiger partial charge >= 0.3 is 0 Å². The van der Waals surface area contributed by atoms with Gasteiger partial charge in [0.15, 0.2) is 0 Å². The van der Waals surface area contributed by atoms with Gasteiger partial charge in [0.25, 0.3) is 0 Å². The van der Waals surface area contributed by atoms with Crippen LogP contribution in [0.5, 0.6) is 0 Å². The fraction of sp³-hybridized carbons (Fsp3) is 1.00. The van der Waals surface area contributed by atoms with Crippen molar-refractivity contribution in [3.05, 3.63) is 0 Å². The minimum Gasteiger partial charge on any atom is -0.378 e. The molecule has 0 amide bonds. The summed E-state index contributed by atoms with van der Waals surface area (Å²) in [5.74, 6) is 0.918. The molecule has 1 fully saturated rings. The van der Waals surface area contributed by atoms with E-state index in [2.05, 4.69) is 13.8 Å². The van der Waals surface area contributed by atoms with Crippen LogP contribution in [0.25, 0.3) is 0 Å². The van der Waals surface area contributed by atoms with Crippen molar-refractivity contribution in [2.75, 3.05) is 6.61 Å². The summed E-state index contributed by atoms with van der Waals surface area (Å²) < 4.78 is 5.97. The summed E-state index contributed by atoms with van der Waals surface area (Å²) in [5.41, 5.74) is 0. The normalized spacial score (nSPS) is 21.3. The lowest BCUT2D eigenvalue weighted by Gasteiger charge is -2.04. The molecule has 1 nitrogen and oxygen atoms in total. The molecule has 20 heavy (non-hydrogen) atoms. The maximum absolute atomic E-state index is 5.97. The van der Waals surface area contributed by atoms with Crippen molar-refractivity contribution < 1.29 is 4.74 Å². The molecule has 0 aromatic carbocycles. The predicted molar refractivity (Wildman–Crippen MR) is 89.2 cm³/mol. The van der Waals surface area contributed by atoms with Gasteiger partial charge in [0.2, 0.25) is 0 Å². The summed E-state index contributed by atoms with van der Waals surface area (Å²) in [7, 11) is 0. The Morgan fingerprint density at radius 3 is 1.90 bits per heavy atom. The second-order valence-corrected chi connectivity index (χ2v) is 6.73. The van der Waals surface area contributed by atoms with Crippen LogP contribution < -0.4 is 0 Å². The molecule has 0 bridgehead atoms. The van der Waals surface area contributed by atoms with E-state index in [0.29, 0.717) is 6.10 Å². The number of hydrogen-bond acceptors (Lipinski definition) is 1. The Morgan fingerprint density at radius 2 is 1.25 bits per heavy atom. The quantitative estimate of drug-likeness (QED) is 0.311. The molecule has 0 aromatic rings. The zero-order valence-corrected chi connectivity index (χ0v) is 14.2. The van der Waals surface area contributed by atoms with Gasteiger partial charge in [-0.2, -0.15) is 0 Å². The molecule has 0 N–H and O–H groups in total. The average molecular weight is 283 g/mol. The monoisotopic (exact) mass is 282 g/mol. The van der Waals surface area contributed by atoms with E-state index in [4.69, 9.17) is 4.74 Å². The number of ether oxygens (including phenoxy) is 1. The largest absolute Gasteiger partial charge is 0.378 e. The van der Waals surface area contributed by atoms with Crippen LogP contribution in [0, 0.1) is 5.92 Å². The van der Waals surface area contributed by atoms with Crippen LogP contribution in [0.15, 0.2) is 0 Å². The Bertz CT molecular complexity index is 202. The first kappa shape index (κ1) is 18.0. The highest BCUT2D eigenvalue weighted by Gasteiger charge is 2.36. The van der Waals surface area contributed by atoms with Gasteiger partial charge in [-0.3, -0.25) is 0 Å². The van der Waals surface area contributed by atoms with E-state index in [1.54, 1.807) is 0 Å². The molecular formula is C19H38O. The van der Waals surface area contributed by atoms with Crippen molar-refractivity contribution in [2.45, 2.75) is 110 Å². The van der Waals surface area contributed by atoms with Crippen molar-refractivity contribution in [1.82, 2.24) is 0 Å². The first-order valence-corrected chi connectivity index (χ1v) is 9.50. The van der Waals surface area contributed by atoms with Crippen molar-refractivity contribution >= 4 is 0 Å². The maximum Gasteiger partial charge on any atom is 0.0607 e. The van der Waals surface area contributed by atoms with Gasteiger partial charge in [-0.05, 0) is 25.2 Å². The smallest absolute Gasteiger partial charge is 0.0607 e. The third kappa shape index (κ3) is 9.80. The van der Waals surface area contributed by atoms with E-state index in [9.17, 15) is 0 Å². The number of rotatable bonds is 15. The Balaban J connectivity index is 1.75. The van der Waals surface area contributed by atoms with Crippen molar-refractivity contribution in [3.8, 4) is 0 Å². The second-order valence-electron chi connectivity index (χ2n) is 6.73. The molecule has 1 heteroatoms. The molecule has 2 unspecified atom stereocenters. The summed E-state index contributed by atoms with van der Waals surface area (Å²) in [5, 5.41) is 0. The fourth-order valence-corrected chi connectivity index (χ4v) is 3.03. The molecule has 0 aromatic heterocycles. The van der Waals surface area contributed by atoms with Crippen molar-refractivity contribution in [2.24, 2.45) is 5.92 Å². The predicted octanol–water partition coefficient (Wildman–Crippen LogP) is 6.50. The van der Waals surface area contributed by atoms with Crippen LogP contribution in [0.1, 0.15) is 104 Å². The Hall–Kier alpha value is -0.0400. The fourth-order valence-electron chi connectivity index (χ4n) is 3.03. The second kappa shape index (κ2) is 12.7. The van der Waals surface area contributed by atoms with Crippen LogP contribution in [0.3, 0.4) is 0 Å². The van der Waals surface area contributed by atoms with Gasteiger partial charge in [0.1, 0.15) is 0 Å². The first-order valence-electron chi connectivity index (χ1n) is 9.50. The van der Waals surface area contributed by atoms with Crippen molar-refractivity contribution in [1.29, 1.82) is 0 Å². The molecule has 0 saturated heterocycles. The lowest BCUT2D eigenvalue weighted by molar-refractivity contribution is 0.104. The molecule has 0 spiro atoms. The number of unbranched alkanes of at least 4 members (excludes halogenated alkanes) is 10. The molecular weight excluding hydrogens is 244 g/mol. The maximum atomic E-state index is 5.97. The van der Waals surface area contributed by atoms with Gasteiger partial charge in [-0.25, -0.2) is 0 Å². The Morgan fingerprint density at radius 1 is 0.700 bits per heavy atom. The zero-order chi connectivity index (χ0) is 14.5. The summed E-state index contributed by atoms with van der Waals surface area (Å²) in [6.07, 6.45) is 20.2. The molecule has 1 rings (SSSR count). The van der Waals surface area contributed by atoms with E-state index < -0.39 is 0 Å². The first-order chi connectivity index (χ1) is 9.88. The van der Waals surface area contributed by atoms with E-state index in [1.165, 1.54) is 89.9 Å². The van der Waals surface area contributed by atoms with Crippen LogP contribution in [0.4, 0.5) is 0 Å². The highest BCUT2D eigenvalue weighted by atomic mass is 16.5. The van der Waals surface area contributed by atoms with Crippen LogP contribution >= 0.6 is 0 Å². The molecule has 1 aliphatic rings. The topological polar surface area (TPSA) is 9.23 Å². The standard InChI is InChI=1S/C19H38O/c1-3-5-7-9-11-13-15-18-17-19(18)20-16-14-12-10-8-6-4-2/h18-19H,3-17H2,1-2H3. The molecule has 1 saturated carbocycles. The van der Waals surface area contributed by atoms with Gasteiger partial charge < -0.3 is 4.74 Å². The van der Waals surface area contributed by atoms with Gasteiger partial charge in [0.05, 0.1) is 6.10 Å². The van der Waals surface area contributed by atoms with Crippen LogP contribution in [-0.2, 0) is 4.74 Å². The third-order valence-corrected chi connectivity index (χ3v) is 4.62. The lowest BCUT2D eigenvalue weighted by Crippen LogP contribution is -1.99. The minimum absolute atomic E-state index is 0.640. The summed E-state index contributed by atoms with van der Waals surface area (Å²) >= 11 is 0. The summed E-state index contributed by atoms with van der Waals surface area (Å²) in [6.45, 7) is 5.58. The van der Waals surface area contributed by atoms with Gasteiger partial charge in [0, 0.05) is 6.61 Å². The van der Waals surface area contributed by atoms with E-state index in [1.807, 2.05) is 0 Å². The lowest BCUT2D eigenvalue weighted by atomic mass is 10.1. The van der Waals surface area contributed by atoms with E-state index >= 15 is 0 Å². The molecule has 2 atom stereocenters. The van der Waals surface area contributed by atoms with Gasteiger partial charge in [-0.1, -0.05) is 84.5 Å². The molecule has 0 radical (unpaired) electrons. The van der Waals surface area contributed by atoms with E-state index in [0.717, 1.165) is 12.5 Å². The Labute approximate surface area is 127 Å². The SMILES string of the molecule is CCCCCCCCOC1CC1CCCCCCCC. The average Bonchev–Trinajstić information content (AvgIpc) is 3.20. The van der Waals surface area contributed by atoms with E-state index in [-0.39, 0.29) is 0 Å². The molecule has 120 valence electrons. The highest BCUT2D eigenvalue weighted by Crippen LogP contribution is 2.38. The van der Waals surface area contributed by atoms with Crippen molar-refractivity contribution in [3.63, 3.8) is 0 Å². The highest BCUT2D eigenvalue weighted by molar-refractivity contribution is 4.87. The molecule has 0 heterocycles. The molecule has 1 aliphatic carbocycles. The van der Waals surface area contributed by atoms with Crippen LogP contribution in [-0.4, -0.2) is 12.7 Å².